The second-order valence-corrected chi connectivity index (χ2v) is 4.78. The molecule has 16 heavy (non-hydrogen) atoms. The SMILES string of the molecule is CCOC(=O)C(N)(CC)Sc1ccccc1. The molecule has 0 fully saturated rings. The number of carbonyl (C=O) groups is 1. The normalized spacial score (nSPS) is 14.2. The fraction of sp³-hybridized carbons (Fsp3) is 0.417. The molecule has 1 unspecified atom stereocenters. The number of benzene rings is 1. The van der Waals surface area contributed by atoms with Crippen LogP contribution < -0.4 is 5.73 Å². The van der Waals surface area contributed by atoms with Gasteiger partial charge in [-0.25, -0.2) is 4.79 Å². The minimum atomic E-state index is -0.989. The van der Waals surface area contributed by atoms with Crippen molar-refractivity contribution in [3.05, 3.63) is 30.3 Å². The van der Waals surface area contributed by atoms with E-state index in [1.165, 1.54) is 11.8 Å². The highest BCUT2D eigenvalue weighted by atomic mass is 32.2. The minimum Gasteiger partial charge on any atom is -0.464 e. The Labute approximate surface area is 100 Å². The third-order valence-electron chi connectivity index (χ3n) is 2.19. The maximum absolute atomic E-state index is 11.7. The van der Waals surface area contributed by atoms with Crippen molar-refractivity contribution in [3.63, 3.8) is 0 Å². The van der Waals surface area contributed by atoms with E-state index in [0.717, 1.165) is 4.90 Å². The summed E-state index contributed by atoms with van der Waals surface area (Å²) in [5.41, 5.74) is 6.05. The van der Waals surface area contributed by atoms with Crippen LogP contribution in [-0.2, 0) is 9.53 Å². The molecular weight excluding hydrogens is 222 g/mol. The smallest absolute Gasteiger partial charge is 0.336 e. The molecule has 0 aromatic heterocycles. The molecule has 1 atom stereocenters. The van der Waals surface area contributed by atoms with Gasteiger partial charge in [0.15, 0.2) is 4.87 Å². The average Bonchev–Trinajstić information content (AvgIpc) is 2.30. The van der Waals surface area contributed by atoms with Gasteiger partial charge in [0.2, 0.25) is 0 Å². The predicted octanol–water partition coefficient (Wildman–Crippen LogP) is 2.41. The number of esters is 1. The molecular formula is C12H17NO2S. The summed E-state index contributed by atoms with van der Waals surface area (Å²) in [6.45, 7) is 4.02. The molecule has 0 aliphatic heterocycles. The lowest BCUT2D eigenvalue weighted by Gasteiger charge is -2.24. The van der Waals surface area contributed by atoms with E-state index in [1.54, 1.807) is 6.92 Å². The molecule has 1 rings (SSSR count). The Balaban J connectivity index is 2.78. The molecule has 3 nitrogen and oxygen atoms in total. The molecule has 0 aliphatic carbocycles. The maximum atomic E-state index is 11.7. The summed E-state index contributed by atoms with van der Waals surface area (Å²) >= 11 is 1.34. The summed E-state index contributed by atoms with van der Waals surface area (Å²) in [6, 6.07) is 9.63. The molecule has 2 N–H and O–H groups in total. The molecule has 1 aromatic rings. The highest BCUT2D eigenvalue weighted by Crippen LogP contribution is 2.32. The third-order valence-corrected chi connectivity index (χ3v) is 3.52. The standard InChI is InChI=1S/C12H17NO2S/c1-3-12(13,11(14)15-4-2)16-10-8-6-5-7-9-10/h5-9H,3-4,13H2,1-2H3. The Morgan fingerprint density at radius 3 is 2.50 bits per heavy atom. The van der Waals surface area contributed by atoms with Crippen molar-refractivity contribution in [2.45, 2.75) is 30.0 Å². The zero-order chi connectivity index (χ0) is 12.0. The first kappa shape index (κ1) is 13.1. The van der Waals surface area contributed by atoms with Gasteiger partial charge in [-0.15, -0.1) is 0 Å². The van der Waals surface area contributed by atoms with Crippen molar-refractivity contribution in [3.8, 4) is 0 Å². The molecule has 1 aromatic carbocycles. The molecule has 0 radical (unpaired) electrons. The van der Waals surface area contributed by atoms with Crippen LogP contribution in [0.25, 0.3) is 0 Å². The van der Waals surface area contributed by atoms with Crippen LogP contribution in [0.2, 0.25) is 0 Å². The van der Waals surface area contributed by atoms with Gasteiger partial charge in [-0.3, -0.25) is 0 Å². The molecule has 4 heteroatoms. The van der Waals surface area contributed by atoms with Crippen LogP contribution in [0, 0.1) is 0 Å². The van der Waals surface area contributed by atoms with Crippen LogP contribution in [0.5, 0.6) is 0 Å². The Hall–Kier alpha value is -1.00. The van der Waals surface area contributed by atoms with Gasteiger partial charge in [-0.1, -0.05) is 36.9 Å². The van der Waals surface area contributed by atoms with Crippen molar-refractivity contribution in [1.82, 2.24) is 0 Å². The summed E-state index contributed by atoms with van der Waals surface area (Å²) in [6.07, 6.45) is 0.533. The van der Waals surface area contributed by atoms with Crippen LogP contribution >= 0.6 is 11.8 Å². The number of ether oxygens (including phenoxy) is 1. The molecule has 88 valence electrons. The second-order valence-electron chi connectivity index (χ2n) is 3.38. The molecule has 0 saturated carbocycles. The highest BCUT2D eigenvalue weighted by molar-refractivity contribution is 8.01. The van der Waals surface area contributed by atoms with E-state index in [0.29, 0.717) is 13.0 Å². The first-order chi connectivity index (χ1) is 7.62. The highest BCUT2D eigenvalue weighted by Gasteiger charge is 2.34. The van der Waals surface area contributed by atoms with Crippen LogP contribution in [0.4, 0.5) is 0 Å². The van der Waals surface area contributed by atoms with E-state index < -0.39 is 4.87 Å². The number of thioether (sulfide) groups is 1. The first-order valence-corrected chi connectivity index (χ1v) is 6.14. The number of carbonyl (C=O) groups excluding carboxylic acids is 1. The van der Waals surface area contributed by atoms with Gasteiger partial charge in [-0.2, -0.15) is 0 Å². The van der Waals surface area contributed by atoms with Crippen LogP contribution in [0.15, 0.2) is 35.2 Å². The third kappa shape index (κ3) is 3.25. The van der Waals surface area contributed by atoms with Gasteiger partial charge < -0.3 is 10.5 Å². The topological polar surface area (TPSA) is 52.3 Å². The Kier molecular flexibility index (Phi) is 4.83. The molecule has 0 aliphatic rings. The van der Waals surface area contributed by atoms with Gasteiger partial charge >= 0.3 is 5.97 Å². The number of hydrogen-bond donors (Lipinski definition) is 1. The van der Waals surface area contributed by atoms with Crippen molar-refractivity contribution >= 4 is 17.7 Å². The van der Waals surface area contributed by atoms with E-state index in [2.05, 4.69) is 0 Å². The molecule has 0 bridgehead atoms. The van der Waals surface area contributed by atoms with Crippen LogP contribution in [0.1, 0.15) is 20.3 Å². The average molecular weight is 239 g/mol. The number of hydrogen-bond acceptors (Lipinski definition) is 4. The number of nitrogens with two attached hydrogens (primary N) is 1. The summed E-state index contributed by atoms with van der Waals surface area (Å²) in [5.74, 6) is -0.355. The van der Waals surface area contributed by atoms with E-state index in [4.69, 9.17) is 10.5 Å². The van der Waals surface area contributed by atoms with Crippen molar-refractivity contribution in [2.24, 2.45) is 5.73 Å². The Bertz CT molecular complexity index is 342. The lowest BCUT2D eigenvalue weighted by molar-refractivity contribution is -0.146. The van der Waals surface area contributed by atoms with Crippen molar-refractivity contribution in [1.29, 1.82) is 0 Å². The predicted molar refractivity (Wildman–Crippen MR) is 66.1 cm³/mol. The minimum absolute atomic E-state index is 0.354. The lowest BCUT2D eigenvalue weighted by Crippen LogP contribution is -2.45. The van der Waals surface area contributed by atoms with Crippen molar-refractivity contribution < 1.29 is 9.53 Å². The van der Waals surface area contributed by atoms with Crippen molar-refractivity contribution in [2.75, 3.05) is 6.61 Å². The summed E-state index contributed by atoms with van der Waals surface area (Å²) in [4.78, 5) is 11.7. The van der Waals surface area contributed by atoms with E-state index in [1.807, 2.05) is 37.3 Å². The van der Waals surface area contributed by atoms with E-state index in [-0.39, 0.29) is 5.97 Å². The fourth-order valence-corrected chi connectivity index (χ4v) is 2.21. The van der Waals surface area contributed by atoms with Gasteiger partial charge in [0.25, 0.3) is 0 Å². The van der Waals surface area contributed by atoms with Crippen LogP contribution in [0.3, 0.4) is 0 Å². The summed E-state index contributed by atoms with van der Waals surface area (Å²) in [7, 11) is 0. The largest absolute Gasteiger partial charge is 0.464 e. The zero-order valence-corrected chi connectivity index (χ0v) is 10.4. The molecule has 0 saturated heterocycles. The molecule has 0 spiro atoms. The van der Waals surface area contributed by atoms with E-state index >= 15 is 0 Å². The van der Waals surface area contributed by atoms with Gasteiger partial charge in [0, 0.05) is 4.90 Å². The Morgan fingerprint density at radius 1 is 1.38 bits per heavy atom. The first-order valence-electron chi connectivity index (χ1n) is 5.32. The zero-order valence-electron chi connectivity index (χ0n) is 9.60. The monoisotopic (exact) mass is 239 g/mol. The van der Waals surface area contributed by atoms with Gasteiger partial charge in [-0.05, 0) is 25.5 Å². The van der Waals surface area contributed by atoms with Gasteiger partial charge in [0.05, 0.1) is 6.61 Å². The fourth-order valence-electron chi connectivity index (χ4n) is 1.21. The van der Waals surface area contributed by atoms with Crippen LogP contribution in [-0.4, -0.2) is 17.4 Å². The summed E-state index contributed by atoms with van der Waals surface area (Å²) < 4.78 is 4.99. The molecule has 0 heterocycles. The number of rotatable bonds is 5. The quantitative estimate of drug-likeness (QED) is 0.487. The van der Waals surface area contributed by atoms with E-state index in [9.17, 15) is 4.79 Å². The lowest BCUT2D eigenvalue weighted by atomic mass is 10.2. The Morgan fingerprint density at radius 2 is 2.00 bits per heavy atom. The molecule has 0 amide bonds. The maximum Gasteiger partial charge on any atom is 0.336 e. The second kappa shape index (κ2) is 5.92. The summed E-state index contributed by atoms with van der Waals surface area (Å²) in [5, 5.41) is 0. The van der Waals surface area contributed by atoms with Gasteiger partial charge in [0.1, 0.15) is 0 Å².